The number of carbonyl (C=O) groups excluding carboxylic acids is 1. The third-order valence-electron chi connectivity index (χ3n) is 2.59. The Morgan fingerprint density at radius 1 is 1.37 bits per heavy atom. The molecule has 0 heterocycles. The predicted octanol–water partition coefficient (Wildman–Crippen LogP) is 3.50. The minimum Gasteiger partial charge on any atom is -0.387 e. The maximum absolute atomic E-state index is 11.7. The number of benzene rings is 1. The van der Waals surface area contributed by atoms with Gasteiger partial charge >= 0.3 is 0 Å². The molecule has 0 radical (unpaired) electrons. The maximum Gasteiger partial charge on any atom is 0.246 e. The van der Waals surface area contributed by atoms with E-state index in [1.807, 2.05) is 13.0 Å². The van der Waals surface area contributed by atoms with Crippen LogP contribution in [0.3, 0.4) is 0 Å². The van der Waals surface area contributed by atoms with Crippen LogP contribution in [0, 0.1) is 0 Å². The smallest absolute Gasteiger partial charge is 0.246 e. The summed E-state index contributed by atoms with van der Waals surface area (Å²) < 4.78 is 0. The lowest BCUT2D eigenvalue weighted by Crippen LogP contribution is -2.28. The molecule has 1 aromatic rings. The van der Waals surface area contributed by atoms with Gasteiger partial charge in [0.25, 0.3) is 0 Å². The summed E-state index contributed by atoms with van der Waals surface area (Å²) in [5, 5.41) is 13.5. The highest BCUT2D eigenvalue weighted by atomic mass is 35.5. The van der Waals surface area contributed by atoms with Crippen molar-refractivity contribution in [2.24, 2.45) is 0 Å². The number of nitrogens with one attached hydrogen (secondary N) is 1. The van der Waals surface area contributed by atoms with Crippen molar-refractivity contribution in [1.82, 2.24) is 5.32 Å². The summed E-state index contributed by atoms with van der Waals surface area (Å²) in [6, 6.07) is 4.84. The molecule has 1 unspecified atom stereocenters. The first-order valence-corrected chi connectivity index (χ1v) is 6.78. The molecule has 104 valence electrons. The molecule has 0 spiro atoms. The third kappa shape index (κ3) is 5.23. The molecule has 0 aliphatic rings. The van der Waals surface area contributed by atoms with Gasteiger partial charge in [-0.25, -0.2) is 0 Å². The Bertz CT molecular complexity index is 466. The average molecular weight is 302 g/mol. The number of rotatable bonds is 5. The molecule has 0 bridgehead atoms. The summed E-state index contributed by atoms with van der Waals surface area (Å²) in [5.74, 6) is -0.186. The van der Waals surface area contributed by atoms with Gasteiger partial charge in [0.2, 0.25) is 5.91 Å². The Hall–Kier alpha value is -1.03. The van der Waals surface area contributed by atoms with Crippen molar-refractivity contribution >= 4 is 29.1 Å². The van der Waals surface area contributed by atoms with Gasteiger partial charge in [0, 0.05) is 22.2 Å². The van der Waals surface area contributed by atoms with Gasteiger partial charge in [0.1, 0.15) is 0 Å². The fraction of sp³-hybridized carbons (Fsp3) is 0.357. The topological polar surface area (TPSA) is 49.3 Å². The summed E-state index contributed by atoms with van der Waals surface area (Å²) in [6.45, 7) is 3.81. The molecule has 5 heteroatoms. The van der Waals surface area contributed by atoms with Crippen molar-refractivity contribution in [1.29, 1.82) is 0 Å². The van der Waals surface area contributed by atoms with E-state index in [1.54, 1.807) is 25.1 Å². The van der Waals surface area contributed by atoms with Crippen LogP contribution in [0.5, 0.6) is 0 Å². The fourth-order valence-corrected chi connectivity index (χ4v) is 2.16. The molecule has 0 fully saturated rings. The van der Waals surface area contributed by atoms with Crippen LogP contribution < -0.4 is 5.32 Å². The zero-order valence-corrected chi connectivity index (χ0v) is 12.4. The average Bonchev–Trinajstić information content (AvgIpc) is 2.34. The second kappa shape index (κ2) is 7.53. The Morgan fingerprint density at radius 3 is 2.47 bits per heavy atom. The van der Waals surface area contributed by atoms with E-state index < -0.39 is 6.10 Å². The normalized spacial score (nSPS) is 13.2. The molecule has 1 amide bonds. The van der Waals surface area contributed by atoms with Gasteiger partial charge in [-0.1, -0.05) is 36.2 Å². The van der Waals surface area contributed by atoms with Gasteiger partial charge in [0.05, 0.1) is 6.10 Å². The van der Waals surface area contributed by atoms with Gasteiger partial charge in [-0.15, -0.1) is 0 Å². The van der Waals surface area contributed by atoms with Crippen LogP contribution in [0.1, 0.15) is 31.9 Å². The van der Waals surface area contributed by atoms with Crippen LogP contribution in [0.25, 0.3) is 0 Å². The maximum atomic E-state index is 11.7. The summed E-state index contributed by atoms with van der Waals surface area (Å²) in [6.07, 6.45) is 1.79. The highest BCUT2D eigenvalue weighted by Gasteiger charge is 2.11. The van der Waals surface area contributed by atoms with Crippen molar-refractivity contribution < 1.29 is 9.90 Å². The lowest BCUT2D eigenvalue weighted by atomic mass is 10.1. The minimum absolute atomic E-state index is 0.115. The molecule has 1 rings (SSSR count). The van der Waals surface area contributed by atoms with Gasteiger partial charge in [-0.2, -0.15) is 0 Å². The second-order valence-electron chi connectivity index (χ2n) is 4.22. The lowest BCUT2D eigenvalue weighted by molar-refractivity contribution is -0.117. The van der Waals surface area contributed by atoms with Crippen molar-refractivity contribution in [3.63, 3.8) is 0 Å². The van der Waals surface area contributed by atoms with Crippen LogP contribution >= 0.6 is 23.2 Å². The molecule has 1 atom stereocenters. The van der Waals surface area contributed by atoms with Crippen LogP contribution in [0.4, 0.5) is 0 Å². The Balaban J connectivity index is 2.63. The van der Waals surface area contributed by atoms with E-state index >= 15 is 0 Å². The largest absolute Gasteiger partial charge is 0.387 e. The Labute approximate surface area is 123 Å². The number of halogens is 2. The van der Waals surface area contributed by atoms with E-state index in [1.165, 1.54) is 0 Å². The molecule has 3 nitrogen and oxygen atoms in total. The van der Waals surface area contributed by atoms with Gasteiger partial charge in [0.15, 0.2) is 0 Å². The number of allylic oxidation sites excluding steroid dienone is 1. The van der Waals surface area contributed by atoms with E-state index in [4.69, 9.17) is 23.2 Å². The van der Waals surface area contributed by atoms with E-state index in [0.29, 0.717) is 21.2 Å². The monoisotopic (exact) mass is 301 g/mol. The van der Waals surface area contributed by atoms with Gasteiger partial charge in [-0.3, -0.25) is 4.79 Å². The molecule has 2 N–H and O–H groups in total. The first-order chi connectivity index (χ1) is 8.93. The summed E-state index contributed by atoms with van der Waals surface area (Å²) in [7, 11) is 0. The zero-order chi connectivity index (χ0) is 14.4. The molecular weight excluding hydrogens is 285 g/mol. The van der Waals surface area contributed by atoms with Crippen LogP contribution in [-0.4, -0.2) is 17.6 Å². The molecule has 0 saturated carbocycles. The number of amides is 1. The molecule has 0 aliphatic carbocycles. The van der Waals surface area contributed by atoms with E-state index in [0.717, 1.165) is 6.42 Å². The molecule has 0 saturated heterocycles. The highest BCUT2D eigenvalue weighted by molar-refractivity contribution is 6.34. The molecular formula is C14H17Cl2NO2. The van der Waals surface area contributed by atoms with Crippen LogP contribution in [0.15, 0.2) is 29.8 Å². The Morgan fingerprint density at radius 2 is 1.95 bits per heavy atom. The van der Waals surface area contributed by atoms with Crippen LogP contribution in [0.2, 0.25) is 10.0 Å². The van der Waals surface area contributed by atoms with Crippen molar-refractivity contribution in [3.8, 4) is 0 Å². The van der Waals surface area contributed by atoms with Crippen molar-refractivity contribution in [2.45, 2.75) is 26.4 Å². The van der Waals surface area contributed by atoms with E-state index in [-0.39, 0.29) is 12.5 Å². The van der Waals surface area contributed by atoms with Crippen molar-refractivity contribution in [3.05, 3.63) is 45.5 Å². The van der Waals surface area contributed by atoms with E-state index in [2.05, 4.69) is 5.32 Å². The standard InChI is InChI=1S/C14H17Cl2NO2/c1-3-4-9(2)14(19)17-8-13(18)10-5-11(15)7-12(16)6-10/h4-7,13,18H,3,8H2,1-2H3,(H,17,19). The molecule has 0 aliphatic heterocycles. The molecule has 1 aromatic carbocycles. The molecule has 0 aromatic heterocycles. The highest BCUT2D eigenvalue weighted by Crippen LogP contribution is 2.23. The first-order valence-electron chi connectivity index (χ1n) is 6.03. The van der Waals surface area contributed by atoms with Gasteiger partial charge < -0.3 is 10.4 Å². The number of aliphatic hydroxyl groups is 1. The number of carbonyl (C=O) groups is 1. The minimum atomic E-state index is -0.838. The van der Waals surface area contributed by atoms with Crippen LogP contribution in [-0.2, 0) is 4.79 Å². The van der Waals surface area contributed by atoms with E-state index in [9.17, 15) is 9.90 Å². The number of hydrogen-bond acceptors (Lipinski definition) is 2. The second-order valence-corrected chi connectivity index (χ2v) is 5.10. The number of aliphatic hydroxyl groups excluding tert-OH is 1. The Kier molecular flexibility index (Phi) is 6.35. The zero-order valence-electron chi connectivity index (χ0n) is 10.9. The number of hydrogen-bond donors (Lipinski definition) is 2. The SMILES string of the molecule is CCC=C(C)C(=O)NCC(O)c1cc(Cl)cc(Cl)c1. The predicted molar refractivity (Wildman–Crippen MR) is 78.5 cm³/mol. The summed E-state index contributed by atoms with van der Waals surface area (Å²) in [5.41, 5.74) is 1.22. The summed E-state index contributed by atoms with van der Waals surface area (Å²) in [4.78, 5) is 11.7. The quantitative estimate of drug-likeness (QED) is 0.818. The third-order valence-corrected chi connectivity index (χ3v) is 3.03. The fourth-order valence-electron chi connectivity index (χ4n) is 1.61. The molecule has 19 heavy (non-hydrogen) atoms. The van der Waals surface area contributed by atoms with Crippen molar-refractivity contribution in [2.75, 3.05) is 6.54 Å². The lowest BCUT2D eigenvalue weighted by Gasteiger charge is -2.13. The van der Waals surface area contributed by atoms with Gasteiger partial charge in [-0.05, 0) is 37.1 Å². The summed E-state index contributed by atoms with van der Waals surface area (Å²) >= 11 is 11.7. The first kappa shape index (κ1) is 16.0.